The van der Waals surface area contributed by atoms with Crippen LogP contribution in [0.15, 0.2) is 48.5 Å². The highest BCUT2D eigenvalue weighted by atomic mass is 16.5. The molecule has 0 spiro atoms. The molecule has 2 aromatic rings. The summed E-state index contributed by atoms with van der Waals surface area (Å²) < 4.78 is 11.1. The minimum Gasteiger partial charge on any atom is -0.497 e. The van der Waals surface area contributed by atoms with Crippen LogP contribution in [0.3, 0.4) is 0 Å². The number of rotatable bonds is 12. The number of amides is 2. The third-order valence-electron chi connectivity index (χ3n) is 5.57. The molecule has 32 heavy (non-hydrogen) atoms. The fourth-order valence-electron chi connectivity index (χ4n) is 3.38. The van der Waals surface area contributed by atoms with Crippen LogP contribution in [0.1, 0.15) is 51.7 Å². The first-order chi connectivity index (χ1) is 15.4. The van der Waals surface area contributed by atoms with Crippen LogP contribution in [0.4, 0.5) is 0 Å². The molecule has 2 atom stereocenters. The van der Waals surface area contributed by atoms with Crippen LogP contribution in [0.5, 0.6) is 11.5 Å². The summed E-state index contributed by atoms with van der Waals surface area (Å²) in [7, 11) is 1.61. The first-order valence-electron chi connectivity index (χ1n) is 11.4. The molecule has 0 aliphatic heterocycles. The monoisotopic (exact) mass is 440 g/mol. The van der Waals surface area contributed by atoms with E-state index in [1.165, 1.54) is 5.56 Å². The number of nitrogens with one attached hydrogen (secondary N) is 1. The molecular weight excluding hydrogens is 404 g/mol. The smallest absolute Gasteiger partial charge is 0.261 e. The average molecular weight is 441 g/mol. The van der Waals surface area contributed by atoms with Gasteiger partial charge < -0.3 is 19.7 Å². The summed E-state index contributed by atoms with van der Waals surface area (Å²) in [6, 6.07) is 14.7. The van der Waals surface area contributed by atoms with E-state index in [9.17, 15) is 9.59 Å². The molecule has 0 aliphatic rings. The largest absolute Gasteiger partial charge is 0.497 e. The molecule has 0 heterocycles. The number of carbonyl (C=O) groups is 2. The zero-order chi connectivity index (χ0) is 23.5. The van der Waals surface area contributed by atoms with E-state index in [1.807, 2.05) is 69.3 Å². The maximum Gasteiger partial charge on any atom is 0.261 e. The lowest BCUT2D eigenvalue weighted by molar-refractivity contribution is -0.143. The normalized spacial score (nSPS) is 12.5. The van der Waals surface area contributed by atoms with Crippen molar-refractivity contribution < 1.29 is 19.1 Å². The fraction of sp³-hybridized carbons (Fsp3) is 0.462. The molecule has 6 heteroatoms. The van der Waals surface area contributed by atoms with E-state index in [0.717, 1.165) is 18.4 Å². The second-order valence-electron chi connectivity index (χ2n) is 7.90. The molecule has 2 rings (SSSR count). The topological polar surface area (TPSA) is 67.9 Å². The van der Waals surface area contributed by atoms with Gasteiger partial charge in [0.2, 0.25) is 5.91 Å². The van der Waals surface area contributed by atoms with Gasteiger partial charge in [0.05, 0.1) is 7.11 Å². The molecule has 2 amide bonds. The molecule has 0 fully saturated rings. The van der Waals surface area contributed by atoms with Gasteiger partial charge in [-0.05, 0) is 61.6 Å². The molecule has 0 aromatic heterocycles. The van der Waals surface area contributed by atoms with E-state index in [2.05, 4.69) is 12.2 Å². The third kappa shape index (κ3) is 7.29. The zero-order valence-electron chi connectivity index (χ0n) is 19.9. The predicted octanol–water partition coefficient (Wildman–Crippen LogP) is 4.36. The van der Waals surface area contributed by atoms with Crippen molar-refractivity contribution in [1.82, 2.24) is 10.2 Å². The number of benzene rings is 2. The molecule has 1 N–H and O–H groups in total. The van der Waals surface area contributed by atoms with Crippen molar-refractivity contribution in [3.8, 4) is 11.5 Å². The Hall–Kier alpha value is -3.02. The van der Waals surface area contributed by atoms with Crippen LogP contribution in [-0.2, 0) is 22.6 Å². The van der Waals surface area contributed by atoms with Gasteiger partial charge in [-0.3, -0.25) is 9.59 Å². The van der Waals surface area contributed by atoms with Gasteiger partial charge in [0, 0.05) is 12.6 Å². The number of hydrogen-bond donors (Lipinski definition) is 1. The molecule has 2 aromatic carbocycles. The van der Waals surface area contributed by atoms with E-state index < -0.39 is 6.04 Å². The summed E-state index contributed by atoms with van der Waals surface area (Å²) in [5.74, 6) is 0.956. The van der Waals surface area contributed by atoms with Crippen molar-refractivity contribution in [1.29, 1.82) is 0 Å². The summed E-state index contributed by atoms with van der Waals surface area (Å²) in [5.41, 5.74) is 2.09. The van der Waals surface area contributed by atoms with Crippen LogP contribution in [-0.4, -0.2) is 42.5 Å². The van der Waals surface area contributed by atoms with Crippen molar-refractivity contribution in [2.75, 3.05) is 13.7 Å². The summed E-state index contributed by atoms with van der Waals surface area (Å²) >= 11 is 0. The van der Waals surface area contributed by atoms with Crippen LogP contribution < -0.4 is 14.8 Å². The molecule has 0 unspecified atom stereocenters. The number of aryl methyl sites for hydroxylation is 1. The highest BCUT2D eigenvalue weighted by Gasteiger charge is 2.29. The van der Waals surface area contributed by atoms with Crippen molar-refractivity contribution in [2.24, 2.45) is 0 Å². The third-order valence-corrected chi connectivity index (χ3v) is 5.57. The summed E-state index contributed by atoms with van der Waals surface area (Å²) in [6.45, 7) is 8.13. The SMILES string of the molecule is CCc1ccc(OCC(=O)N(Cc2cccc(OC)c2)[C@@H](CC)C(=O)N[C@H](C)CC)cc1. The Balaban J connectivity index is 2.21. The number of hydrogen-bond acceptors (Lipinski definition) is 4. The molecule has 0 aliphatic carbocycles. The van der Waals surface area contributed by atoms with Gasteiger partial charge in [0.15, 0.2) is 6.61 Å². The zero-order valence-corrected chi connectivity index (χ0v) is 19.9. The van der Waals surface area contributed by atoms with E-state index in [-0.39, 0.29) is 24.5 Å². The lowest BCUT2D eigenvalue weighted by Gasteiger charge is -2.31. The van der Waals surface area contributed by atoms with Crippen molar-refractivity contribution in [2.45, 2.75) is 65.6 Å². The average Bonchev–Trinajstić information content (AvgIpc) is 2.82. The first kappa shape index (κ1) is 25.2. The van der Waals surface area contributed by atoms with Gasteiger partial charge in [0.25, 0.3) is 5.91 Å². The Morgan fingerprint density at radius 2 is 1.69 bits per heavy atom. The molecule has 0 bridgehead atoms. The Bertz CT molecular complexity index is 866. The molecule has 174 valence electrons. The fourth-order valence-corrected chi connectivity index (χ4v) is 3.38. The molecule has 0 saturated heterocycles. The van der Waals surface area contributed by atoms with E-state index in [4.69, 9.17) is 9.47 Å². The quantitative estimate of drug-likeness (QED) is 0.533. The number of carbonyl (C=O) groups excluding carboxylic acids is 2. The maximum absolute atomic E-state index is 13.2. The van der Waals surface area contributed by atoms with E-state index in [1.54, 1.807) is 12.0 Å². The van der Waals surface area contributed by atoms with Crippen LogP contribution in [0.25, 0.3) is 0 Å². The van der Waals surface area contributed by atoms with Crippen LogP contribution >= 0.6 is 0 Å². The van der Waals surface area contributed by atoms with Crippen LogP contribution in [0.2, 0.25) is 0 Å². The van der Waals surface area contributed by atoms with Gasteiger partial charge in [-0.1, -0.05) is 45.0 Å². The van der Waals surface area contributed by atoms with Crippen molar-refractivity contribution >= 4 is 11.8 Å². The molecule has 0 radical (unpaired) electrons. The summed E-state index contributed by atoms with van der Waals surface area (Å²) in [4.78, 5) is 27.8. The lowest BCUT2D eigenvalue weighted by atomic mass is 10.1. The standard InChI is InChI=1S/C26H36N2O4/c1-6-19(4)27-26(30)24(8-3)28(17-21-10-9-11-23(16-21)31-5)25(29)18-32-22-14-12-20(7-2)13-15-22/h9-16,19,24H,6-8,17-18H2,1-5H3,(H,27,30)/t19-,24+/m1/s1. The lowest BCUT2D eigenvalue weighted by Crippen LogP contribution is -2.51. The van der Waals surface area contributed by atoms with E-state index >= 15 is 0 Å². The van der Waals surface area contributed by atoms with Gasteiger partial charge in [0.1, 0.15) is 17.5 Å². The summed E-state index contributed by atoms with van der Waals surface area (Å²) in [6.07, 6.45) is 2.27. The maximum atomic E-state index is 13.2. The molecule has 0 saturated carbocycles. The second-order valence-corrected chi connectivity index (χ2v) is 7.90. The highest BCUT2D eigenvalue weighted by molar-refractivity contribution is 5.88. The Morgan fingerprint density at radius 1 is 0.969 bits per heavy atom. The van der Waals surface area contributed by atoms with Gasteiger partial charge >= 0.3 is 0 Å². The van der Waals surface area contributed by atoms with Gasteiger partial charge in [-0.25, -0.2) is 0 Å². The number of ether oxygens (including phenoxy) is 2. The van der Waals surface area contributed by atoms with Crippen LogP contribution in [0, 0.1) is 0 Å². The molecule has 6 nitrogen and oxygen atoms in total. The highest BCUT2D eigenvalue weighted by Crippen LogP contribution is 2.18. The Kier molecular flexibility index (Phi) is 10.1. The minimum atomic E-state index is -0.589. The Labute approximate surface area is 191 Å². The summed E-state index contributed by atoms with van der Waals surface area (Å²) in [5, 5.41) is 3.01. The number of nitrogens with zero attached hydrogens (tertiary/aromatic N) is 1. The molecular formula is C26H36N2O4. The minimum absolute atomic E-state index is 0.0404. The van der Waals surface area contributed by atoms with Crippen molar-refractivity contribution in [3.05, 3.63) is 59.7 Å². The van der Waals surface area contributed by atoms with E-state index in [0.29, 0.717) is 24.5 Å². The number of methoxy groups -OCH3 is 1. The Morgan fingerprint density at radius 3 is 2.28 bits per heavy atom. The second kappa shape index (κ2) is 12.7. The first-order valence-corrected chi connectivity index (χ1v) is 11.4. The van der Waals surface area contributed by atoms with Crippen molar-refractivity contribution in [3.63, 3.8) is 0 Å². The predicted molar refractivity (Wildman–Crippen MR) is 127 cm³/mol. The van der Waals surface area contributed by atoms with Gasteiger partial charge in [-0.2, -0.15) is 0 Å². The van der Waals surface area contributed by atoms with Gasteiger partial charge in [-0.15, -0.1) is 0 Å².